The Morgan fingerprint density at radius 1 is 1.35 bits per heavy atom. The number of benzene rings is 1. The van der Waals surface area contributed by atoms with Gasteiger partial charge >= 0.3 is 0 Å². The number of nitrogens with two attached hydrogens (primary N) is 1. The summed E-state index contributed by atoms with van der Waals surface area (Å²) in [5.41, 5.74) is 6.24. The minimum Gasteiger partial charge on any atom is -0.342 e. The molecule has 1 heterocycles. The summed E-state index contributed by atoms with van der Waals surface area (Å²) in [5.74, 6) is 0.388. The van der Waals surface area contributed by atoms with E-state index >= 15 is 0 Å². The molecule has 1 aliphatic heterocycles. The summed E-state index contributed by atoms with van der Waals surface area (Å²) >= 11 is 0. The van der Waals surface area contributed by atoms with Gasteiger partial charge in [-0.15, -0.1) is 12.4 Å². The van der Waals surface area contributed by atoms with Gasteiger partial charge in [-0.05, 0) is 49.4 Å². The average Bonchev–Trinajstić information content (AvgIpc) is 3.09. The molecule has 0 aromatic heterocycles. The predicted molar refractivity (Wildman–Crippen MR) is 78.3 cm³/mol. The number of carbonyl (C=O) groups is 1. The lowest BCUT2D eigenvalue weighted by molar-refractivity contribution is -0.133. The molecular formula is C15H20ClFN2O. The Kier molecular flexibility index (Phi) is 4.35. The van der Waals surface area contributed by atoms with E-state index in [4.69, 9.17) is 5.73 Å². The molecule has 1 atom stereocenters. The van der Waals surface area contributed by atoms with E-state index in [1.54, 1.807) is 12.1 Å². The maximum atomic E-state index is 13.0. The monoisotopic (exact) mass is 298 g/mol. The fourth-order valence-corrected chi connectivity index (χ4v) is 3.03. The Hall–Kier alpha value is -1.13. The van der Waals surface area contributed by atoms with Crippen LogP contribution in [0.2, 0.25) is 0 Å². The molecule has 0 spiro atoms. The van der Waals surface area contributed by atoms with Crippen molar-refractivity contribution < 1.29 is 9.18 Å². The number of hydrogen-bond acceptors (Lipinski definition) is 2. The Bertz CT molecular complexity index is 487. The fraction of sp³-hybridized carbons (Fsp3) is 0.533. The molecule has 3 nitrogen and oxygen atoms in total. The van der Waals surface area contributed by atoms with Crippen molar-refractivity contribution in [3.63, 3.8) is 0 Å². The van der Waals surface area contributed by atoms with Gasteiger partial charge in [-0.25, -0.2) is 4.39 Å². The van der Waals surface area contributed by atoms with Gasteiger partial charge in [-0.3, -0.25) is 4.79 Å². The van der Waals surface area contributed by atoms with E-state index < -0.39 is 0 Å². The van der Waals surface area contributed by atoms with Crippen LogP contribution in [0.5, 0.6) is 0 Å². The highest BCUT2D eigenvalue weighted by Gasteiger charge is 2.53. The predicted octanol–water partition coefficient (Wildman–Crippen LogP) is 2.09. The molecule has 1 unspecified atom stereocenters. The van der Waals surface area contributed by atoms with Crippen LogP contribution in [0.15, 0.2) is 24.3 Å². The van der Waals surface area contributed by atoms with Crippen LogP contribution in [0.25, 0.3) is 0 Å². The third-order valence-electron chi connectivity index (χ3n) is 4.46. The maximum absolute atomic E-state index is 13.0. The molecule has 20 heavy (non-hydrogen) atoms. The number of halogens is 2. The van der Waals surface area contributed by atoms with E-state index in [-0.39, 0.29) is 29.5 Å². The number of amides is 1. The molecule has 0 radical (unpaired) electrons. The summed E-state index contributed by atoms with van der Waals surface area (Å²) in [5, 5.41) is 0. The highest BCUT2D eigenvalue weighted by molar-refractivity contribution is 5.91. The minimum absolute atomic E-state index is 0. The Labute approximate surface area is 124 Å². The first-order valence-corrected chi connectivity index (χ1v) is 6.91. The van der Waals surface area contributed by atoms with Gasteiger partial charge in [0.25, 0.3) is 0 Å². The van der Waals surface area contributed by atoms with E-state index in [0.717, 1.165) is 37.9 Å². The van der Waals surface area contributed by atoms with Crippen LogP contribution < -0.4 is 5.73 Å². The van der Waals surface area contributed by atoms with Gasteiger partial charge in [-0.2, -0.15) is 0 Å². The van der Waals surface area contributed by atoms with Crippen LogP contribution >= 0.6 is 12.4 Å². The number of hydrogen-bond donors (Lipinski definition) is 1. The lowest BCUT2D eigenvalue weighted by atomic mass is 9.94. The third-order valence-corrected chi connectivity index (χ3v) is 4.46. The van der Waals surface area contributed by atoms with E-state index in [1.165, 1.54) is 12.1 Å². The maximum Gasteiger partial charge on any atom is 0.233 e. The molecule has 5 heteroatoms. The van der Waals surface area contributed by atoms with Crippen molar-refractivity contribution in [2.45, 2.75) is 24.7 Å². The second kappa shape index (κ2) is 5.70. The third kappa shape index (κ3) is 2.54. The second-order valence-corrected chi connectivity index (χ2v) is 5.73. The van der Waals surface area contributed by atoms with Crippen molar-refractivity contribution in [2.75, 3.05) is 19.6 Å². The average molecular weight is 299 g/mol. The topological polar surface area (TPSA) is 46.3 Å². The summed E-state index contributed by atoms with van der Waals surface area (Å²) in [6.07, 6.45) is 2.75. The Morgan fingerprint density at radius 2 is 2.00 bits per heavy atom. The lowest BCUT2D eigenvalue weighted by Crippen LogP contribution is -2.38. The standard InChI is InChI=1S/C15H19FN2O.ClH/c16-13-3-1-12(2-4-13)15(6-7-15)14(19)18-8-5-11(9-17)10-18;/h1-4,11H,5-10,17H2;1H. The summed E-state index contributed by atoms with van der Waals surface area (Å²) < 4.78 is 13.0. The molecule has 2 aliphatic rings. The van der Waals surface area contributed by atoms with Gasteiger partial charge in [0.1, 0.15) is 5.82 Å². The molecule has 1 amide bonds. The van der Waals surface area contributed by atoms with Crippen molar-refractivity contribution in [2.24, 2.45) is 11.7 Å². The number of nitrogens with zero attached hydrogens (tertiary/aromatic N) is 1. The molecule has 1 aromatic carbocycles. The van der Waals surface area contributed by atoms with Crippen LogP contribution in [-0.4, -0.2) is 30.4 Å². The normalized spacial score (nSPS) is 23.3. The van der Waals surface area contributed by atoms with Gasteiger partial charge in [0.2, 0.25) is 5.91 Å². The van der Waals surface area contributed by atoms with Crippen LogP contribution in [0.3, 0.4) is 0 Å². The van der Waals surface area contributed by atoms with Crippen molar-refractivity contribution in [1.82, 2.24) is 4.90 Å². The molecule has 110 valence electrons. The van der Waals surface area contributed by atoms with Crippen LogP contribution in [0.4, 0.5) is 4.39 Å². The second-order valence-electron chi connectivity index (χ2n) is 5.73. The van der Waals surface area contributed by atoms with E-state index in [9.17, 15) is 9.18 Å². The van der Waals surface area contributed by atoms with E-state index in [0.29, 0.717) is 12.5 Å². The fourth-order valence-electron chi connectivity index (χ4n) is 3.03. The first-order chi connectivity index (χ1) is 9.15. The van der Waals surface area contributed by atoms with Gasteiger partial charge < -0.3 is 10.6 Å². The quantitative estimate of drug-likeness (QED) is 0.929. The van der Waals surface area contributed by atoms with Crippen molar-refractivity contribution >= 4 is 18.3 Å². The molecule has 1 aromatic rings. The van der Waals surface area contributed by atoms with Crippen LogP contribution in [-0.2, 0) is 10.2 Å². The minimum atomic E-state index is -0.378. The zero-order valence-corrected chi connectivity index (χ0v) is 12.2. The Balaban J connectivity index is 0.00000147. The highest BCUT2D eigenvalue weighted by Crippen LogP contribution is 2.50. The summed E-state index contributed by atoms with van der Waals surface area (Å²) in [6.45, 7) is 2.23. The van der Waals surface area contributed by atoms with Gasteiger partial charge in [0.05, 0.1) is 5.41 Å². The molecule has 2 fully saturated rings. The van der Waals surface area contributed by atoms with E-state index in [1.807, 2.05) is 4.90 Å². The number of carbonyl (C=O) groups excluding carboxylic acids is 1. The number of rotatable bonds is 3. The van der Waals surface area contributed by atoms with Crippen LogP contribution in [0.1, 0.15) is 24.8 Å². The molecule has 1 aliphatic carbocycles. The SMILES string of the molecule is Cl.NCC1CCN(C(=O)C2(c3ccc(F)cc3)CC2)C1. The largest absolute Gasteiger partial charge is 0.342 e. The van der Waals surface area contributed by atoms with Crippen LogP contribution in [0, 0.1) is 11.7 Å². The molecule has 1 saturated carbocycles. The first kappa shape index (κ1) is 15.3. The zero-order chi connectivity index (χ0) is 13.5. The van der Waals surface area contributed by atoms with E-state index in [2.05, 4.69) is 0 Å². The molecule has 3 rings (SSSR count). The summed E-state index contributed by atoms with van der Waals surface area (Å²) in [7, 11) is 0. The molecule has 2 N–H and O–H groups in total. The summed E-state index contributed by atoms with van der Waals surface area (Å²) in [6, 6.07) is 6.37. The highest BCUT2D eigenvalue weighted by atomic mass is 35.5. The summed E-state index contributed by atoms with van der Waals surface area (Å²) in [4.78, 5) is 14.6. The Morgan fingerprint density at radius 3 is 2.50 bits per heavy atom. The lowest BCUT2D eigenvalue weighted by Gasteiger charge is -2.23. The smallest absolute Gasteiger partial charge is 0.233 e. The van der Waals surface area contributed by atoms with Gasteiger partial charge in [0.15, 0.2) is 0 Å². The van der Waals surface area contributed by atoms with Crippen molar-refractivity contribution in [3.8, 4) is 0 Å². The molecule has 0 bridgehead atoms. The first-order valence-electron chi connectivity index (χ1n) is 6.91. The molecular weight excluding hydrogens is 279 g/mol. The molecule has 1 saturated heterocycles. The zero-order valence-electron chi connectivity index (χ0n) is 11.3. The van der Waals surface area contributed by atoms with Crippen molar-refractivity contribution in [1.29, 1.82) is 0 Å². The van der Waals surface area contributed by atoms with Gasteiger partial charge in [0, 0.05) is 13.1 Å². The van der Waals surface area contributed by atoms with Crippen molar-refractivity contribution in [3.05, 3.63) is 35.6 Å². The van der Waals surface area contributed by atoms with Gasteiger partial charge in [-0.1, -0.05) is 12.1 Å². The number of likely N-dealkylation sites (tertiary alicyclic amines) is 1.